The summed E-state index contributed by atoms with van der Waals surface area (Å²) in [6, 6.07) is 3.60. The predicted octanol–water partition coefficient (Wildman–Crippen LogP) is 1.16. The van der Waals surface area contributed by atoms with Crippen molar-refractivity contribution in [2.24, 2.45) is 7.05 Å². The van der Waals surface area contributed by atoms with Gasteiger partial charge in [0.25, 0.3) is 0 Å². The van der Waals surface area contributed by atoms with Crippen molar-refractivity contribution in [3.05, 3.63) is 23.0 Å². The number of hydrogen-bond acceptors (Lipinski definition) is 3. The van der Waals surface area contributed by atoms with Gasteiger partial charge in [0.2, 0.25) is 0 Å². The SMILES string of the molecule is Cc1nn(C)cc1C=C(C#N)C#N. The first-order valence-corrected chi connectivity index (χ1v) is 3.69. The van der Waals surface area contributed by atoms with Gasteiger partial charge in [-0.25, -0.2) is 0 Å². The lowest BCUT2D eigenvalue weighted by Crippen LogP contribution is -1.86. The molecular formula is C9H8N4. The molecule has 0 atom stereocenters. The number of aryl methyl sites for hydroxylation is 2. The van der Waals surface area contributed by atoms with Crippen molar-refractivity contribution >= 4 is 6.08 Å². The van der Waals surface area contributed by atoms with Crippen LogP contribution in [-0.4, -0.2) is 9.78 Å². The minimum absolute atomic E-state index is 0.0936. The number of rotatable bonds is 1. The number of allylic oxidation sites excluding steroid dienone is 1. The minimum Gasteiger partial charge on any atom is -0.275 e. The van der Waals surface area contributed by atoms with E-state index in [1.807, 2.05) is 6.92 Å². The molecule has 0 spiro atoms. The summed E-state index contributed by atoms with van der Waals surface area (Å²) in [7, 11) is 1.79. The van der Waals surface area contributed by atoms with Crippen molar-refractivity contribution < 1.29 is 0 Å². The zero-order valence-corrected chi connectivity index (χ0v) is 7.44. The van der Waals surface area contributed by atoms with Crippen LogP contribution in [0.15, 0.2) is 11.8 Å². The zero-order valence-electron chi connectivity index (χ0n) is 7.44. The summed E-state index contributed by atoms with van der Waals surface area (Å²) in [4.78, 5) is 0. The summed E-state index contributed by atoms with van der Waals surface area (Å²) in [6.07, 6.45) is 3.30. The van der Waals surface area contributed by atoms with Crippen molar-refractivity contribution in [2.45, 2.75) is 6.92 Å². The van der Waals surface area contributed by atoms with Gasteiger partial charge in [-0.2, -0.15) is 15.6 Å². The van der Waals surface area contributed by atoms with Gasteiger partial charge in [0.1, 0.15) is 17.7 Å². The van der Waals surface area contributed by atoms with Crippen molar-refractivity contribution in [2.75, 3.05) is 0 Å². The van der Waals surface area contributed by atoms with Crippen LogP contribution in [0.5, 0.6) is 0 Å². The predicted molar refractivity (Wildman–Crippen MR) is 47.1 cm³/mol. The quantitative estimate of drug-likeness (QED) is 0.597. The van der Waals surface area contributed by atoms with Crippen LogP contribution in [-0.2, 0) is 7.05 Å². The normalized spacial score (nSPS) is 8.62. The van der Waals surface area contributed by atoms with Crippen LogP contribution >= 0.6 is 0 Å². The van der Waals surface area contributed by atoms with E-state index in [9.17, 15) is 0 Å². The molecule has 1 heterocycles. The second-order valence-electron chi connectivity index (χ2n) is 2.63. The van der Waals surface area contributed by atoms with Crippen LogP contribution < -0.4 is 0 Å². The average molecular weight is 172 g/mol. The van der Waals surface area contributed by atoms with Crippen molar-refractivity contribution in [1.82, 2.24) is 9.78 Å². The third kappa shape index (κ3) is 1.94. The molecule has 0 radical (unpaired) electrons. The minimum atomic E-state index is 0.0936. The second-order valence-corrected chi connectivity index (χ2v) is 2.63. The number of nitrogens with zero attached hydrogens (tertiary/aromatic N) is 4. The molecule has 64 valence electrons. The molecule has 0 N–H and O–H groups in total. The molecule has 0 aliphatic carbocycles. The fraction of sp³-hybridized carbons (Fsp3) is 0.222. The lowest BCUT2D eigenvalue weighted by Gasteiger charge is -1.85. The first kappa shape index (κ1) is 9.02. The largest absolute Gasteiger partial charge is 0.275 e. The van der Waals surface area contributed by atoms with E-state index in [1.54, 1.807) is 30.1 Å². The fourth-order valence-electron chi connectivity index (χ4n) is 1.00. The first-order chi connectivity index (χ1) is 6.17. The van der Waals surface area contributed by atoms with E-state index in [-0.39, 0.29) is 5.57 Å². The first-order valence-electron chi connectivity index (χ1n) is 3.69. The Morgan fingerprint density at radius 2 is 2.15 bits per heavy atom. The molecule has 1 aromatic rings. The van der Waals surface area contributed by atoms with E-state index in [0.717, 1.165) is 11.3 Å². The Morgan fingerprint density at radius 3 is 2.54 bits per heavy atom. The molecule has 0 saturated carbocycles. The van der Waals surface area contributed by atoms with Crippen LogP contribution in [0.4, 0.5) is 0 Å². The highest BCUT2D eigenvalue weighted by Crippen LogP contribution is 2.09. The molecule has 0 unspecified atom stereocenters. The van der Waals surface area contributed by atoms with Crippen molar-refractivity contribution in [3.8, 4) is 12.1 Å². The lowest BCUT2D eigenvalue weighted by molar-refractivity contribution is 0.756. The molecule has 0 aliphatic rings. The second kappa shape index (κ2) is 3.55. The number of hydrogen-bond donors (Lipinski definition) is 0. The average Bonchev–Trinajstić information content (AvgIpc) is 2.41. The van der Waals surface area contributed by atoms with E-state index in [1.165, 1.54) is 6.08 Å². The molecule has 4 nitrogen and oxygen atoms in total. The number of nitriles is 2. The molecule has 0 saturated heterocycles. The Balaban J connectivity index is 3.13. The maximum Gasteiger partial charge on any atom is 0.130 e. The maximum absolute atomic E-state index is 8.52. The van der Waals surface area contributed by atoms with Gasteiger partial charge < -0.3 is 0 Å². The summed E-state index contributed by atoms with van der Waals surface area (Å²) in [5.41, 5.74) is 1.71. The summed E-state index contributed by atoms with van der Waals surface area (Å²) in [5, 5.41) is 21.1. The van der Waals surface area contributed by atoms with Gasteiger partial charge in [0.15, 0.2) is 0 Å². The van der Waals surface area contributed by atoms with Crippen LogP contribution in [0.3, 0.4) is 0 Å². The summed E-state index contributed by atoms with van der Waals surface area (Å²) < 4.78 is 1.65. The molecule has 0 bridgehead atoms. The maximum atomic E-state index is 8.52. The monoisotopic (exact) mass is 172 g/mol. The van der Waals surface area contributed by atoms with Crippen LogP contribution in [0, 0.1) is 29.6 Å². The van der Waals surface area contributed by atoms with E-state index >= 15 is 0 Å². The lowest BCUT2D eigenvalue weighted by atomic mass is 10.2. The van der Waals surface area contributed by atoms with E-state index in [0.29, 0.717) is 0 Å². The van der Waals surface area contributed by atoms with Gasteiger partial charge in [0, 0.05) is 18.8 Å². The van der Waals surface area contributed by atoms with Gasteiger partial charge in [-0.1, -0.05) is 0 Å². The van der Waals surface area contributed by atoms with Crippen LogP contribution in [0.2, 0.25) is 0 Å². The molecule has 1 rings (SSSR count). The highest BCUT2D eigenvalue weighted by atomic mass is 15.2. The molecule has 13 heavy (non-hydrogen) atoms. The Morgan fingerprint density at radius 1 is 1.54 bits per heavy atom. The topological polar surface area (TPSA) is 65.4 Å². The molecule has 0 aromatic carbocycles. The Hall–Kier alpha value is -2.07. The van der Waals surface area contributed by atoms with E-state index in [2.05, 4.69) is 5.10 Å². The smallest absolute Gasteiger partial charge is 0.130 e. The highest BCUT2D eigenvalue weighted by Gasteiger charge is 2.01. The van der Waals surface area contributed by atoms with Gasteiger partial charge in [-0.05, 0) is 13.0 Å². The third-order valence-electron chi connectivity index (χ3n) is 1.59. The summed E-state index contributed by atoms with van der Waals surface area (Å²) in [5.74, 6) is 0. The fourth-order valence-corrected chi connectivity index (χ4v) is 1.00. The van der Waals surface area contributed by atoms with Crippen molar-refractivity contribution in [1.29, 1.82) is 10.5 Å². The van der Waals surface area contributed by atoms with E-state index < -0.39 is 0 Å². The van der Waals surface area contributed by atoms with Crippen LogP contribution in [0.1, 0.15) is 11.3 Å². The van der Waals surface area contributed by atoms with Gasteiger partial charge in [-0.15, -0.1) is 0 Å². The molecule has 0 amide bonds. The number of aromatic nitrogens is 2. The Labute approximate surface area is 76.3 Å². The highest BCUT2D eigenvalue weighted by molar-refractivity contribution is 5.62. The summed E-state index contributed by atoms with van der Waals surface area (Å²) >= 11 is 0. The zero-order chi connectivity index (χ0) is 9.84. The van der Waals surface area contributed by atoms with Gasteiger partial charge >= 0.3 is 0 Å². The molecule has 4 heteroatoms. The standard InChI is InChI=1S/C9H8N4/c1-7-9(6-13(2)12-7)3-8(4-10)5-11/h3,6H,1-2H3. The van der Waals surface area contributed by atoms with E-state index in [4.69, 9.17) is 10.5 Å². The summed E-state index contributed by atoms with van der Waals surface area (Å²) in [6.45, 7) is 1.83. The molecular weight excluding hydrogens is 164 g/mol. The van der Waals surface area contributed by atoms with Gasteiger partial charge in [-0.3, -0.25) is 4.68 Å². The Bertz CT molecular complexity index is 409. The van der Waals surface area contributed by atoms with Crippen molar-refractivity contribution in [3.63, 3.8) is 0 Å². The third-order valence-corrected chi connectivity index (χ3v) is 1.59. The Kier molecular flexibility index (Phi) is 2.47. The molecule has 0 aliphatic heterocycles. The molecule has 0 fully saturated rings. The van der Waals surface area contributed by atoms with Crippen LogP contribution in [0.25, 0.3) is 6.08 Å². The van der Waals surface area contributed by atoms with Gasteiger partial charge in [0.05, 0.1) is 5.69 Å². The molecule has 1 aromatic heterocycles.